The topological polar surface area (TPSA) is 0 Å². The van der Waals surface area contributed by atoms with Crippen molar-refractivity contribution in [1.82, 2.24) is 0 Å². The molecule has 116 valence electrons. The van der Waals surface area contributed by atoms with Crippen LogP contribution in [0.25, 0.3) is 0 Å². The maximum absolute atomic E-state index is 4.44. The van der Waals surface area contributed by atoms with E-state index in [0.29, 0.717) is 10.8 Å². The minimum absolute atomic E-state index is 0.477. The van der Waals surface area contributed by atoms with E-state index < -0.39 is 0 Å². The highest BCUT2D eigenvalue weighted by Crippen LogP contribution is 2.66. The zero-order valence-electron chi connectivity index (χ0n) is 14.3. The van der Waals surface area contributed by atoms with Gasteiger partial charge in [0.15, 0.2) is 0 Å². The van der Waals surface area contributed by atoms with Crippen molar-refractivity contribution in [3.8, 4) is 0 Å². The van der Waals surface area contributed by atoms with Crippen molar-refractivity contribution in [2.45, 2.75) is 72.1 Å². The molecule has 4 aliphatic carbocycles. The first kappa shape index (κ1) is 14.1. The minimum Gasteiger partial charge on any atom is -0.0993 e. The van der Waals surface area contributed by atoms with E-state index in [-0.39, 0.29) is 0 Å². The van der Waals surface area contributed by atoms with Gasteiger partial charge in [-0.05, 0) is 85.9 Å². The molecule has 0 radical (unpaired) electrons. The standard InChI is InChI=1S/C21H32/c1-14-9-11-21(4)16(13-14)6-7-17-18-8-5-15(2)20(18,3)12-10-19(17)21/h6,14,17-19H,2,5,7-13H2,1,3-4H3/t14-,17?,18?,19?,20+,21-/m0/s1. The van der Waals surface area contributed by atoms with E-state index in [4.69, 9.17) is 0 Å². The Morgan fingerprint density at radius 3 is 2.57 bits per heavy atom. The number of allylic oxidation sites excluding steroid dienone is 3. The molecular weight excluding hydrogens is 252 g/mol. The molecule has 0 aromatic rings. The van der Waals surface area contributed by atoms with Crippen LogP contribution >= 0.6 is 0 Å². The number of rotatable bonds is 0. The second-order valence-electron chi connectivity index (χ2n) is 9.21. The maximum Gasteiger partial charge on any atom is -0.00851 e. The van der Waals surface area contributed by atoms with Crippen LogP contribution in [0.2, 0.25) is 0 Å². The van der Waals surface area contributed by atoms with Gasteiger partial charge in [0.05, 0.1) is 0 Å². The average Bonchev–Trinajstić information content (AvgIpc) is 2.76. The normalized spacial score (nSPS) is 52.7. The molecule has 0 aliphatic heterocycles. The molecule has 0 amide bonds. The molecular formula is C21H32. The lowest BCUT2D eigenvalue weighted by molar-refractivity contribution is -0.0172. The summed E-state index contributed by atoms with van der Waals surface area (Å²) in [7, 11) is 0. The van der Waals surface area contributed by atoms with E-state index >= 15 is 0 Å². The second-order valence-corrected chi connectivity index (χ2v) is 9.21. The molecule has 4 aliphatic rings. The van der Waals surface area contributed by atoms with Gasteiger partial charge in [-0.25, -0.2) is 0 Å². The van der Waals surface area contributed by atoms with Crippen LogP contribution in [0.1, 0.15) is 72.1 Å². The highest BCUT2D eigenvalue weighted by atomic mass is 14.6. The van der Waals surface area contributed by atoms with Crippen molar-refractivity contribution in [3.05, 3.63) is 23.8 Å². The van der Waals surface area contributed by atoms with Gasteiger partial charge < -0.3 is 0 Å². The minimum atomic E-state index is 0.477. The van der Waals surface area contributed by atoms with Crippen molar-refractivity contribution in [3.63, 3.8) is 0 Å². The van der Waals surface area contributed by atoms with Gasteiger partial charge in [-0.1, -0.05) is 44.6 Å². The summed E-state index contributed by atoms with van der Waals surface area (Å²) < 4.78 is 0. The van der Waals surface area contributed by atoms with Gasteiger partial charge in [-0.15, -0.1) is 0 Å². The van der Waals surface area contributed by atoms with Gasteiger partial charge >= 0.3 is 0 Å². The van der Waals surface area contributed by atoms with Gasteiger partial charge in [-0.2, -0.15) is 0 Å². The Balaban J connectivity index is 1.69. The lowest BCUT2D eigenvalue weighted by Crippen LogP contribution is -2.48. The fraction of sp³-hybridized carbons (Fsp3) is 0.810. The largest absolute Gasteiger partial charge is 0.0993 e. The molecule has 0 spiro atoms. The van der Waals surface area contributed by atoms with Crippen molar-refractivity contribution < 1.29 is 0 Å². The van der Waals surface area contributed by atoms with E-state index in [1.54, 1.807) is 5.57 Å². The fourth-order valence-electron chi connectivity index (χ4n) is 6.75. The summed E-state index contributed by atoms with van der Waals surface area (Å²) in [6.07, 6.45) is 13.9. The summed E-state index contributed by atoms with van der Waals surface area (Å²) in [4.78, 5) is 0. The molecule has 0 aromatic heterocycles. The van der Waals surface area contributed by atoms with Crippen molar-refractivity contribution in [2.24, 2.45) is 34.5 Å². The maximum atomic E-state index is 4.44. The zero-order valence-corrected chi connectivity index (χ0v) is 14.3. The van der Waals surface area contributed by atoms with Gasteiger partial charge in [0.25, 0.3) is 0 Å². The molecule has 3 unspecified atom stereocenters. The molecule has 0 heteroatoms. The van der Waals surface area contributed by atoms with E-state index in [9.17, 15) is 0 Å². The molecule has 0 bridgehead atoms. The van der Waals surface area contributed by atoms with Crippen molar-refractivity contribution in [2.75, 3.05) is 0 Å². The van der Waals surface area contributed by atoms with Crippen molar-refractivity contribution >= 4 is 0 Å². The van der Waals surface area contributed by atoms with Crippen molar-refractivity contribution in [1.29, 1.82) is 0 Å². The first-order valence-corrected chi connectivity index (χ1v) is 9.33. The summed E-state index contributed by atoms with van der Waals surface area (Å²) in [6, 6.07) is 0. The highest BCUT2D eigenvalue weighted by Gasteiger charge is 2.56. The van der Waals surface area contributed by atoms with Crippen LogP contribution in [0.5, 0.6) is 0 Å². The van der Waals surface area contributed by atoms with Crippen LogP contribution in [0.15, 0.2) is 23.8 Å². The first-order valence-electron chi connectivity index (χ1n) is 9.33. The van der Waals surface area contributed by atoms with E-state index in [1.807, 2.05) is 5.57 Å². The van der Waals surface area contributed by atoms with Crippen LogP contribution in [0.3, 0.4) is 0 Å². The molecule has 3 fully saturated rings. The summed E-state index contributed by atoms with van der Waals surface area (Å²) >= 11 is 0. The van der Waals surface area contributed by atoms with E-state index in [0.717, 1.165) is 23.7 Å². The predicted octanol–water partition coefficient (Wildman–Crippen LogP) is 6.14. The lowest BCUT2D eigenvalue weighted by Gasteiger charge is -2.57. The third kappa shape index (κ3) is 1.80. The fourth-order valence-corrected chi connectivity index (χ4v) is 6.75. The molecule has 0 nitrogen and oxygen atoms in total. The average molecular weight is 284 g/mol. The van der Waals surface area contributed by atoms with Gasteiger partial charge in [-0.3, -0.25) is 0 Å². The third-order valence-electron chi connectivity index (χ3n) is 8.30. The molecule has 0 aromatic carbocycles. The summed E-state index contributed by atoms with van der Waals surface area (Å²) in [5.74, 6) is 3.76. The Bertz CT molecular complexity index is 498. The van der Waals surface area contributed by atoms with Crippen LogP contribution in [0.4, 0.5) is 0 Å². The Morgan fingerprint density at radius 1 is 1.05 bits per heavy atom. The summed E-state index contributed by atoms with van der Waals surface area (Å²) in [5, 5.41) is 0. The summed E-state index contributed by atoms with van der Waals surface area (Å²) in [5.41, 5.74) is 4.43. The SMILES string of the molecule is C=C1CCC2C3CC=C4C[C@@H](C)CC[C@]4(C)C3CC[C@]12C. The van der Waals surface area contributed by atoms with Crippen LogP contribution in [-0.2, 0) is 0 Å². The smallest absolute Gasteiger partial charge is 0.00851 e. The zero-order chi connectivity index (χ0) is 14.8. The predicted molar refractivity (Wildman–Crippen MR) is 90.0 cm³/mol. The molecule has 6 atom stereocenters. The molecule has 0 N–H and O–H groups in total. The molecule has 4 rings (SSSR count). The van der Waals surface area contributed by atoms with Crippen LogP contribution in [-0.4, -0.2) is 0 Å². The third-order valence-corrected chi connectivity index (χ3v) is 8.30. The summed E-state index contributed by atoms with van der Waals surface area (Å²) in [6.45, 7) is 12.0. The second kappa shape index (κ2) is 4.49. The lowest BCUT2D eigenvalue weighted by atomic mass is 9.47. The van der Waals surface area contributed by atoms with Gasteiger partial charge in [0.1, 0.15) is 0 Å². The Morgan fingerprint density at radius 2 is 1.76 bits per heavy atom. The molecule has 0 heterocycles. The van der Waals surface area contributed by atoms with Crippen LogP contribution < -0.4 is 0 Å². The molecule has 3 saturated carbocycles. The highest BCUT2D eigenvalue weighted by molar-refractivity contribution is 5.28. The first-order chi connectivity index (χ1) is 9.95. The van der Waals surface area contributed by atoms with E-state index in [1.165, 1.54) is 51.4 Å². The van der Waals surface area contributed by atoms with Gasteiger partial charge in [0, 0.05) is 0 Å². The Labute approximate surface area is 131 Å². The quantitative estimate of drug-likeness (QED) is 0.469. The van der Waals surface area contributed by atoms with E-state index in [2.05, 4.69) is 33.4 Å². The van der Waals surface area contributed by atoms with Crippen LogP contribution in [0, 0.1) is 34.5 Å². The molecule has 21 heavy (non-hydrogen) atoms. The van der Waals surface area contributed by atoms with Gasteiger partial charge in [0.2, 0.25) is 0 Å². The number of fused-ring (bicyclic) bond motifs is 5. The Kier molecular flexibility index (Phi) is 3.02. The molecule has 0 saturated heterocycles. The Hall–Kier alpha value is -0.520. The number of hydrogen-bond donors (Lipinski definition) is 0. The monoisotopic (exact) mass is 284 g/mol. The number of hydrogen-bond acceptors (Lipinski definition) is 0.